The van der Waals surface area contributed by atoms with Crippen molar-refractivity contribution in [1.82, 2.24) is 0 Å². The number of aryl methyl sites for hydroxylation is 2. The number of rotatable bonds is 7. The van der Waals surface area contributed by atoms with Crippen molar-refractivity contribution in [3.8, 4) is 0 Å². The predicted octanol–water partition coefficient (Wildman–Crippen LogP) is 5.24. The van der Waals surface area contributed by atoms with Crippen molar-refractivity contribution in [2.24, 2.45) is 0 Å². The minimum absolute atomic E-state index is 0.0115. The average Bonchev–Trinajstić information content (AvgIpc) is 2.77. The maximum absolute atomic E-state index is 13.0. The van der Waals surface area contributed by atoms with E-state index in [1.807, 2.05) is 56.3 Å². The van der Waals surface area contributed by atoms with Gasteiger partial charge < -0.3 is 5.32 Å². The van der Waals surface area contributed by atoms with E-state index < -0.39 is 15.9 Å². The number of sulfonamides is 1. The zero-order valence-corrected chi connectivity index (χ0v) is 21.9. The van der Waals surface area contributed by atoms with E-state index in [1.165, 1.54) is 0 Å². The number of amides is 1. The summed E-state index contributed by atoms with van der Waals surface area (Å²) in [5.74, 6) is -0.660. The third-order valence-corrected chi connectivity index (χ3v) is 6.91. The highest BCUT2D eigenvalue weighted by Gasteiger charge is 2.24. The van der Waals surface area contributed by atoms with Crippen molar-refractivity contribution in [2.75, 3.05) is 22.4 Å². The topological polar surface area (TPSA) is 83.6 Å². The van der Waals surface area contributed by atoms with Crippen LogP contribution < -0.4 is 9.62 Å². The quantitative estimate of drug-likeness (QED) is 0.458. The second-order valence-corrected chi connectivity index (χ2v) is 11.7. The minimum atomic E-state index is -3.70. The van der Waals surface area contributed by atoms with Gasteiger partial charge in [-0.15, -0.1) is 0 Å². The maximum atomic E-state index is 13.0. The lowest BCUT2D eigenvalue weighted by atomic mass is 9.86. The van der Waals surface area contributed by atoms with Gasteiger partial charge in [0.2, 0.25) is 15.9 Å². The van der Waals surface area contributed by atoms with E-state index in [0.717, 1.165) is 27.3 Å². The maximum Gasteiger partial charge on any atom is 0.245 e. The second-order valence-electron chi connectivity index (χ2n) is 9.80. The fourth-order valence-electron chi connectivity index (χ4n) is 3.92. The minimum Gasteiger partial charge on any atom is -0.324 e. The van der Waals surface area contributed by atoms with Gasteiger partial charge in [-0.2, -0.15) is 0 Å². The number of anilines is 2. The van der Waals surface area contributed by atoms with Gasteiger partial charge in [0.25, 0.3) is 0 Å². The molecule has 0 saturated carbocycles. The molecule has 0 unspecified atom stereocenters. The summed E-state index contributed by atoms with van der Waals surface area (Å²) in [6.07, 6.45) is 1.08. The zero-order chi connectivity index (χ0) is 26.0. The number of benzene rings is 3. The highest BCUT2D eigenvalue weighted by atomic mass is 32.2. The molecule has 3 rings (SSSR count). The molecule has 0 atom stereocenters. The van der Waals surface area contributed by atoms with Crippen molar-refractivity contribution < 1.29 is 18.0 Å². The van der Waals surface area contributed by atoms with Gasteiger partial charge in [-0.25, -0.2) is 8.42 Å². The van der Waals surface area contributed by atoms with Crippen molar-refractivity contribution >= 4 is 33.1 Å². The molecule has 3 aromatic carbocycles. The Hall–Kier alpha value is -3.45. The first kappa shape index (κ1) is 26.2. The van der Waals surface area contributed by atoms with Gasteiger partial charge in [-0.3, -0.25) is 13.9 Å². The van der Waals surface area contributed by atoms with Gasteiger partial charge in [-0.05, 0) is 48.1 Å². The summed E-state index contributed by atoms with van der Waals surface area (Å²) in [5.41, 5.74) is 4.54. The van der Waals surface area contributed by atoms with Crippen LogP contribution in [0.25, 0.3) is 0 Å². The van der Waals surface area contributed by atoms with E-state index in [1.54, 1.807) is 24.3 Å². The van der Waals surface area contributed by atoms with Gasteiger partial charge in [0.05, 0.1) is 11.9 Å². The Morgan fingerprint density at radius 1 is 0.857 bits per heavy atom. The van der Waals surface area contributed by atoms with Crippen LogP contribution >= 0.6 is 0 Å². The molecule has 3 aromatic rings. The number of ketones is 1. The first-order valence-corrected chi connectivity index (χ1v) is 13.2. The molecule has 0 spiro atoms. The first-order valence-electron chi connectivity index (χ1n) is 11.4. The smallest absolute Gasteiger partial charge is 0.245 e. The number of nitrogens with zero attached hydrogens (tertiary/aromatic N) is 1. The van der Waals surface area contributed by atoms with Crippen molar-refractivity contribution in [3.05, 3.63) is 94.5 Å². The monoisotopic (exact) mass is 492 g/mol. The van der Waals surface area contributed by atoms with E-state index in [2.05, 4.69) is 26.1 Å². The van der Waals surface area contributed by atoms with Gasteiger partial charge >= 0.3 is 0 Å². The first-order chi connectivity index (χ1) is 16.3. The van der Waals surface area contributed by atoms with Crippen LogP contribution in [0.2, 0.25) is 0 Å². The fourth-order valence-corrected chi connectivity index (χ4v) is 4.89. The van der Waals surface area contributed by atoms with E-state index in [9.17, 15) is 18.0 Å². The molecule has 1 N–H and O–H groups in total. The zero-order valence-electron chi connectivity index (χ0n) is 21.0. The molecule has 0 aliphatic heterocycles. The highest BCUT2D eigenvalue weighted by Crippen LogP contribution is 2.27. The van der Waals surface area contributed by atoms with Crippen LogP contribution in [0.3, 0.4) is 0 Å². The molecule has 0 saturated heterocycles. The Labute approximate surface area is 208 Å². The van der Waals surface area contributed by atoms with Crippen LogP contribution in [0.1, 0.15) is 53.4 Å². The summed E-state index contributed by atoms with van der Waals surface area (Å²) in [4.78, 5) is 25.9. The Kier molecular flexibility index (Phi) is 7.50. The lowest BCUT2D eigenvalue weighted by Gasteiger charge is -2.25. The molecule has 0 fully saturated rings. The summed E-state index contributed by atoms with van der Waals surface area (Å²) in [7, 11) is -3.70. The van der Waals surface area contributed by atoms with Crippen LogP contribution in [0.5, 0.6) is 0 Å². The lowest BCUT2D eigenvalue weighted by Crippen LogP contribution is -2.38. The van der Waals surface area contributed by atoms with Gasteiger partial charge in [-0.1, -0.05) is 75.4 Å². The standard InChI is InChI=1S/C28H32N2O4S/c1-19-9-7-10-20(2)26(19)30(35(6,33)34)18-25(31)29-24-12-8-11-22(17-24)27(32)21-13-15-23(16-14-21)28(3,4)5/h7-17H,18H2,1-6H3,(H,29,31). The Bertz CT molecular complexity index is 1330. The average molecular weight is 493 g/mol. The van der Waals surface area contributed by atoms with Crippen molar-refractivity contribution in [3.63, 3.8) is 0 Å². The molecule has 0 aliphatic rings. The fraction of sp³-hybridized carbons (Fsp3) is 0.286. The summed E-state index contributed by atoms with van der Waals surface area (Å²) in [6, 6.07) is 19.6. The second kappa shape index (κ2) is 10.0. The number of para-hydroxylation sites is 1. The van der Waals surface area contributed by atoms with Crippen LogP contribution in [0.4, 0.5) is 11.4 Å². The lowest BCUT2D eigenvalue weighted by molar-refractivity contribution is -0.114. The summed E-state index contributed by atoms with van der Waals surface area (Å²) in [6.45, 7) is 9.57. The molecule has 184 valence electrons. The SMILES string of the molecule is Cc1cccc(C)c1N(CC(=O)Nc1cccc(C(=O)c2ccc(C(C)(C)C)cc2)c1)S(C)(=O)=O. The molecule has 0 heterocycles. The van der Waals surface area contributed by atoms with E-state index in [4.69, 9.17) is 0 Å². The molecule has 0 bridgehead atoms. The van der Waals surface area contributed by atoms with Crippen LogP contribution in [0.15, 0.2) is 66.7 Å². The summed E-state index contributed by atoms with van der Waals surface area (Å²) in [5, 5.41) is 2.73. The van der Waals surface area contributed by atoms with Gasteiger partial charge in [0, 0.05) is 16.8 Å². The summed E-state index contributed by atoms with van der Waals surface area (Å²) >= 11 is 0. The molecular weight excluding hydrogens is 460 g/mol. The van der Waals surface area contributed by atoms with Crippen LogP contribution in [0, 0.1) is 13.8 Å². The Morgan fingerprint density at radius 3 is 1.97 bits per heavy atom. The molecule has 0 radical (unpaired) electrons. The molecule has 7 heteroatoms. The van der Waals surface area contributed by atoms with Crippen molar-refractivity contribution in [2.45, 2.75) is 40.0 Å². The molecule has 0 aromatic heterocycles. The van der Waals surface area contributed by atoms with E-state index >= 15 is 0 Å². The van der Waals surface area contributed by atoms with Crippen LogP contribution in [-0.4, -0.2) is 32.9 Å². The molecule has 6 nitrogen and oxygen atoms in total. The third-order valence-electron chi connectivity index (χ3n) is 5.80. The molecule has 35 heavy (non-hydrogen) atoms. The third kappa shape index (κ3) is 6.36. The Morgan fingerprint density at radius 2 is 1.43 bits per heavy atom. The van der Waals surface area contributed by atoms with Crippen LogP contribution in [-0.2, 0) is 20.2 Å². The predicted molar refractivity (Wildman–Crippen MR) is 142 cm³/mol. The van der Waals surface area contributed by atoms with Gasteiger partial charge in [0.15, 0.2) is 5.78 Å². The number of nitrogens with one attached hydrogen (secondary N) is 1. The normalized spacial score (nSPS) is 11.7. The highest BCUT2D eigenvalue weighted by molar-refractivity contribution is 7.92. The van der Waals surface area contributed by atoms with E-state index in [-0.39, 0.29) is 17.7 Å². The molecular formula is C28H32N2O4S. The number of hydrogen-bond acceptors (Lipinski definition) is 4. The van der Waals surface area contributed by atoms with Gasteiger partial charge in [0.1, 0.15) is 6.54 Å². The molecule has 1 amide bonds. The molecule has 0 aliphatic carbocycles. The number of carbonyl (C=O) groups excluding carboxylic acids is 2. The number of carbonyl (C=O) groups is 2. The van der Waals surface area contributed by atoms with Crippen molar-refractivity contribution in [1.29, 1.82) is 0 Å². The Balaban J connectivity index is 1.80. The number of hydrogen-bond donors (Lipinski definition) is 1. The summed E-state index contributed by atoms with van der Waals surface area (Å²) < 4.78 is 26.1. The van der Waals surface area contributed by atoms with E-state index in [0.29, 0.717) is 22.5 Å². The largest absolute Gasteiger partial charge is 0.324 e.